The SMILES string of the molecule is Cc1cccc(CCc2ccc(Br)c(C)c2C)c1C. The second-order valence-electron chi connectivity index (χ2n) is 5.32. The number of hydrogen-bond acceptors (Lipinski definition) is 0. The highest BCUT2D eigenvalue weighted by molar-refractivity contribution is 9.10. The molecule has 0 saturated heterocycles. The van der Waals surface area contributed by atoms with Crippen molar-refractivity contribution in [1.29, 1.82) is 0 Å². The minimum Gasteiger partial charge on any atom is -0.0617 e. The summed E-state index contributed by atoms with van der Waals surface area (Å²) < 4.78 is 1.21. The molecule has 1 heteroatoms. The minimum absolute atomic E-state index is 1.12. The average Bonchev–Trinajstić information content (AvgIpc) is 2.40. The fourth-order valence-electron chi connectivity index (χ4n) is 2.47. The molecule has 0 aliphatic heterocycles. The van der Waals surface area contributed by atoms with Crippen molar-refractivity contribution in [3.63, 3.8) is 0 Å². The second-order valence-corrected chi connectivity index (χ2v) is 6.17. The van der Waals surface area contributed by atoms with Crippen LogP contribution in [0.25, 0.3) is 0 Å². The van der Waals surface area contributed by atoms with E-state index in [-0.39, 0.29) is 0 Å². The van der Waals surface area contributed by atoms with Crippen LogP contribution in [0.1, 0.15) is 33.4 Å². The molecule has 0 atom stereocenters. The summed E-state index contributed by atoms with van der Waals surface area (Å²) in [4.78, 5) is 0. The highest BCUT2D eigenvalue weighted by Gasteiger charge is 2.06. The Morgan fingerprint density at radius 2 is 1.37 bits per heavy atom. The molecule has 2 aromatic carbocycles. The van der Waals surface area contributed by atoms with Crippen LogP contribution in [0.3, 0.4) is 0 Å². The van der Waals surface area contributed by atoms with Gasteiger partial charge in [-0.05, 0) is 80.0 Å². The molecule has 0 nitrogen and oxygen atoms in total. The van der Waals surface area contributed by atoms with Crippen LogP contribution in [0.5, 0.6) is 0 Å². The molecule has 0 radical (unpaired) electrons. The van der Waals surface area contributed by atoms with Gasteiger partial charge in [0.25, 0.3) is 0 Å². The minimum atomic E-state index is 1.12. The van der Waals surface area contributed by atoms with Crippen molar-refractivity contribution in [2.24, 2.45) is 0 Å². The first kappa shape index (κ1) is 14.3. The Morgan fingerprint density at radius 3 is 2.05 bits per heavy atom. The summed E-state index contributed by atoms with van der Waals surface area (Å²) in [5.74, 6) is 0. The molecule has 0 unspecified atom stereocenters. The molecule has 0 saturated carbocycles. The Labute approximate surface area is 125 Å². The smallest absolute Gasteiger partial charge is 0.0207 e. The molecule has 0 spiro atoms. The molecule has 0 aromatic heterocycles. The monoisotopic (exact) mass is 316 g/mol. The Bertz CT molecular complexity index is 597. The van der Waals surface area contributed by atoms with E-state index in [1.54, 1.807) is 0 Å². The van der Waals surface area contributed by atoms with E-state index in [2.05, 4.69) is 74.0 Å². The van der Waals surface area contributed by atoms with Gasteiger partial charge in [-0.3, -0.25) is 0 Å². The van der Waals surface area contributed by atoms with Crippen molar-refractivity contribution in [2.45, 2.75) is 40.5 Å². The van der Waals surface area contributed by atoms with Crippen molar-refractivity contribution in [2.75, 3.05) is 0 Å². The molecule has 0 aliphatic rings. The van der Waals surface area contributed by atoms with Crippen molar-refractivity contribution >= 4 is 15.9 Å². The molecule has 0 aliphatic carbocycles. The quantitative estimate of drug-likeness (QED) is 0.704. The topological polar surface area (TPSA) is 0 Å². The summed E-state index contributed by atoms with van der Waals surface area (Å²) in [6.45, 7) is 8.82. The average molecular weight is 317 g/mol. The van der Waals surface area contributed by atoms with Gasteiger partial charge in [-0.25, -0.2) is 0 Å². The maximum Gasteiger partial charge on any atom is 0.0207 e. The van der Waals surface area contributed by atoms with Gasteiger partial charge in [0.1, 0.15) is 0 Å². The third kappa shape index (κ3) is 3.09. The Kier molecular flexibility index (Phi) is 4.46. The van der Waals surface area contributed by atoms with E-state index < -0.39 is 0 Å². The zero-order valence-corrected chi connectivity index (χ0v) is 13.8. The Morgan fingerprint density at radius 1 is 0.737 bits per heavy atom. The molecule has 0 bridgehead atoms. The summed E-state index contributed by atoms with van der Waals surface area (Å²) >= 11 is 3.60. The van der Waals surface area contributed by atoms with Gasteiger partial charge in [0, 0.05) is 4.47 Å². The van der Waals surface area contributed by atoms with Gasteiger partial charge in [-0.1, -0.05) is 40.2 Å². The van der Waals surface area contributed by atoms with E-state index in [0.29, 0.717) is 0 Å². The molecule has 2 aromatic rings. The maximum absolute atomic E-state index is 3.60. The molecule has 19 heavy (non-hydrogen) atoms. The predicted molar refractivity (Wildman–Crippen MR) is 86.9 cm³/mol. The fraction of sp³-hybridized carbons (Fsp3) is 0.333. The summed E-state index contributed by atoms with van der Waals surface area (Å²) in [6, 6.07) is 11.0. The van der Waals surface area contributed by atoms with E-state index in [1.807, 2.05) is 0 Å². The van der Waals surface area contributed by atoms with E-state index in [9.17, 15) is 0 Å². The van der Waals surface area contributed by atoms with Crippen LogP contribution in [0.2, 0.25) is 0 Å². The van der Waals surface area contributed by atoms with Gasteiger partial charge in [0.2, 0.25) is 0 Å². The summed E-state index contributed by atoms with van der Waals surface area (Å²) in [7, 11) is 0. The lowest BCUT2D eigenvalue weighted by Gasteiger charge is -2.12. The number of halogens is 1. The standard InChI is InChI=1S/C18H21Br/c1-12-6-5-7-16(13(12)2)8-9-17-10-11-18(19)15(4)14(17)3/h5-7,10-11H,8-9H2,1-4H3. The molecule has 2 rings (SSSR count). The lowest BCUT2D eigenvalue weighted by atomic mass is 9.94. The Hall–Kier alpha value is -1.08. The zero-order valence-electron chi connectivity index (χ0n) is 12.2. The van der Waals surface area contributed by atoms with Crippen LogP contribution < -0.4 is 0 Å². The van der Waals surface area contributed by atoms with Crippen LogP contribution >= 0.6 is 15.9 Å². The molecule has 0 amide bonds. The van der Waals surface area contributed by atoms with E-state index in [1.165, 1.54) is 37.9 Å². The Balaban J connectivity index is 2.20. The summed E-state index contributed by atoms with van der Waals surface area (Å²) in [5.41, 5.74) is 8.54. The van der Waals surface area contributed by atoms with Crippen molar-refractivity contribution < 1.29 is 0 Å². The van der Waals surface area contributed by atoms with Gasteiger partial charge in [-0.2, -0.15) is 0 Å². The first-order chi connectivity index (χ1) is 9.00. The third-order valence-electron chi connectivity index (χ3n) is 4.21. The van der Waals surface area contributed by atoms with Gasteiger partial charge < -0.3 is 0 Å². The van der Waals surface area contributed by atoms with Crippen molar-refractivity contribution in [3.05, 3.63) is 68.2 Å². The van der Waals surface area contributed by atoms with Crippen LogP contribution in [0, 0.1) is 27.7 Å². The lowest BCUT2D eigenvalue weighted by Crippen LogP contribution is -1.99. The van der Waals surface area contributed by atoms with E-state index >= 15 is 0 Å². The van der Waals surface area contributed by atoms with Crippen LogP contribution in [-0.4, -0.2) is 0 Å². The van der Waals surface area contributed by atoms with Gasteiger partial charge in [0.15, 0.2) is 0 Å². The molecule has 0 N–H and O–H groups in total. The van der Waals surface area contributed by atoms with Crippen LogP contribution in [0.15, 0.2) is 34.8 Å². The number of rotatable bonds is 3. The van der Waals surface area contributed by atoms with E-state index in [4.69, 9.17) is 0 Å². The lowest BCUT2D eigenvalue weighted by molar-refractivity contribution is 0.931. The highest BCUT2D eigenvalue weighted by atomic mass is 79.9. The van der Waals surface area contributed by atoms with Gasteiger partial charge in [-0.15, -0.1) is 0 Å². The van der Waals surface area contributed by atoms with Crippen molar-refractivity contribution in [1.82, 2.24) is 0 Å². The molecule has 100 valence electrons. The van der Waals surface area contributed by atoms with Gasteiger partial charge in [0.05, 0.1) is 0 Å². The van der Waals surface area contributed by atoms with Crippen molar-refractivity contribution in [3.8, 4) is 0 Å². The predicted octanol–water partition coefficient (Wildman–Crippen LogP) is 5.47. The first-order valence-electron chi connectivity index (χ1n) is 6.80. The molecular formula is C18H21Br. The third-order valence-corrected chi connectivity index (χ3v) is 5.07. The molecule has 0 heterocycles. The highest BCUT2D eigenvalue weighted by Crippen LogP contribution is 2.24. The fourth-order valence-corrected chi connectivity index (χ4v) is 2.90. The normalized spacial score (nSPS) is 10.8. The zero-order chi connectivity index (χ0) is 14.0. The van der Waals surface area contributed by atoms with Crippen LogP contribution in [-0.2, 0) is 12.8 Å². The number of hydrogen-bond donors (Lipinski definition) is 0. The summed E-state index contributed by atoms with van der Waals surface area (Å²) in [5, 5.41) is 0. The number of benzene rings is 2. The number of aryl methyl sites for hydroxylation is 3. The van der Waals surface area contributed by atoms with E-state index in [0.717, 1.165) is 12.8 Å². The second kappa shape index (κ2) is 5.92. The molecular weight excluding hydrogens is 296 g/mol. The molecule has 0 fully saturated rings. The maximum atomic E-state index is 3.60. The summed E-state index contributed by atoms with van der Waals surface area (Å²) in [6.07, 6.45) is 2.24. The largest absolute Gasteiger partial charge is 0.0617 e. The first-order valence-corrected chi connectivity index (χ1v) is 7.59. The van der Waals surface area contributed by atoms with Crippen LogP contribution in [0.4, 0.5) is 0 Å². The van der Waals surface area contributed by atoms with Gasteiger partial charge >= 0.3 is 0 Å².